The molecule has 0 bridgehead atoms. The second-order valence-electron chi connectivity index (χ2n) is 10.7. The van der Waals surface area contributed by atoms with E-state index in [4.69, 9.17) is 71.7 Å². The van der Waals surface area contributed by atoms with Crippen molar-refractivity contribution in [1.82, 2.24) is 0 Å². The van der Waals surface area contributed by atoms with Crippen LogP contribution in [-0.2, 0) is 176 Å². The molecule has 2 aliphatic rings. The largest absolute Gasteiger partial charge is 0.457 e. The molecule has 2 heterocycles. The lowest BCUT2D eigenvalue weighted by Crippen LogP contribution is -2.59. The van der Waals surface area contributed by atoms with E-state index >= 15 is 0 Å². The minimum absolute atomic E-state index is 0. The number of carbonyl (C=O) groups is 1. The second-order valence-corrected chi connectivity index (χ2v) is 33.7. The van der Waals surface area contributed by atoms with Gasteiger partial charge in [0, 0.05) is 174 Å². The van der Waals surface area contributed by atoms with E-state index in [0.29, 0.717) is 26.4 Å². The van der Waals surface area contributed by atoms with Crippen LogP contribution in [0.2, 0.25) is 0 Å². The monoisotopic (exact) mass is 1120 g/mol. The van der Waals surface area contributed by atoms with Gasteiger partial charge in [-0.3, -0.25) is 4.79 Å². The highest BCUT2D eigenvalue weighted by Gasteiger charge is 2.44. The number of nitrogens with zero attached hydrogens (tertiary/aromatic N) is 6. The van der Waals surface area contributed by atoms with Gasteiger partial charge in [0.15, 0.2) is 18.7 Å². The fraction of sp³-hybridized carbons (Fsp3) is 0.962. The minimum atomic E-state index is -1.46. The highest BCUT2D eigenvalue weighted by Crippen LogP contribution is 2.34. The maximum Gasteiger partial charge on any atom is 0.303 e. The molecule has 4 N–H and O–H groups in total. The second kappa shape index (κ2) is 42.9. The molecule has 2 aliphatic heterocycles. The highest BCUT2D eigenvalue weighted by molar-refractivity contribution is 8.76. The SMILES string of the molecule is C.CCC1OC(OCCOCCN=[N+]=[N-])C(OC(C)=O)C(C)C1C.S=S=S=S=S=S=S=S=S=S=S=S=S=S=S.[N-]=[N+]=NCCOCCOC1OC(CO)C(O)C(O)C1O. The first kappa shape index (κ1) is 62.1. The van der Waals surface area contributed by atoms with Crippen LogP contribution in [0.3, 0.4) is 0 Å². The molecule has 0 spiro atoms. The van der Waals surface area contributed by atoms with Crippen molar-refractivity contribution in [2.75, 3.05) is 59.3 Å². The lowest BCUT2D eigenvalue weighted by Gasteiger charge is -2.43. The van der Waals surface area contributed by atoms with E-state index < -0.39 is 49.7 Å². The third-order valence-electron chi connectivity index (χ3n) is 7.21. The van der Waals surface area contributed by atoms with Gasteiger partial charge in [0.05, 0.1) is 52.4 Å². The molecular formula is C26H50N6O12S15. The molecule has 0 aromatic carbocycles. The number of rotatable bonds is 17. The van der Waals surface area contributed by atoms with Crippen molar-refractivity contribution in [3.8, 4) is 0 Å². The Labute approximate surface area is 391 Å². The van der Waals surface area contributed by atoms with E-state index in [1.807, 2.05) is 0 Å². The average molecular weight is 1120 g/mol. The van der Waals surface area contributed by atoms with Crippen LogP contribution < -0.4 is 0 Å². The van der Waals surface area contributed by atoms with Crippen LogP contribution in [0.5, 0.6) is 0 Å². The fourth-order valence-electron chi connectivity index (χ4n) is 4.50. The van der Waals surface area contributed by atoms with E-state index in [1.165, 1.54) is 24.7 Å². The molecule has 2 fully saturated rings. The first-order valence-electron chi connectivity index (χ1n) is 16.5. The zero-order chi connectivity index (χ0) is 43.4. The summed E-state index contributed by atoms with van der Waals surface area (Å²) in [5.41, 5.74) is 16.2. The molecule has 18 nitrogen and oxygen atoms in total. The number of hydrogen-bond donors (Lipinski definition) is 4. The first-order valence-corrected chi connectivity index (χ1v) is 35.2. The average Bonchev–Trinajstić information content (AvgIpc) is 3.22. The van der Waals surface area contributed by atoms with Gasteiger partial charge in [-0.05, 0) is 23.4 Å². The van der Waals surface area contributed by atoms with Crippen LogP contribution in [-0.4, -0.2) is 135 Å². The summed E-state index contributed by atoms with van der Waals surface area (Å²) in [7, 11) is 21.7. The molecule has 33 heteroatoms. The van der Waals surface area contributed by atoms with E-state index in [0.717, 1.165) is 6.42 Å². The number of carbonyl (C=O) groups excluding carboxylic acids is 1. The number of azide groups is 2. The Kier molecular flexibility index (Phi) is 45.2. The summed E-state index contributed by atoms with van der Waals surface area (Å²) in [5, 5.41) is 44.4. The fourth-order valence-corrected chi connectivity index (χ4v) is 34.7. The van der Waals surface area contributed by atoms with Gasteiger partial charge >= 0.3 is 5.97 Å². The van der Waals surface area contributed by atoms with Crippen molar-refractivity contribution < 1.29 is 58.4 Å². The molecule has 59 heavy (non-hydrogen) atoms. The molecular weight excluding hydrogens is 1070 g/mol. The van der Waals surface area contributed by atoms with Crippen LogP contribution in [0.1, 0.15) is 41.5 Å². The predicted octanol–water partition coefficient (Wildman–Crippen LogP) is 1.40. The molecule has 0 saturated carbocycles. The van der Waals surface area contributed by atoms with Crippen LogP contribution in [0.25, 0.3) is 20.9 Å². The Bertz CT molecular complexity index is 1830. The Morgan fingerprint density at radius 3 is 1.53 bits per heavy atom. The summed E-state index contributed by atoms with van der Waals surface area (Å²) >= 11 is 9.45. The normalized spacial score (nSPS) is 25.2. The summed E-state index contributed by atoms with van der Waals surface area (Å²) in [5.74, 6) is 0.0876. The van der Waals surface area contributed by atoms with E-state index in [-0.39, 0.29) is 57.7 Å². The summed E-state index contributed by atoms with van der Waals surface area (Å²) < 4.78 is 37.7. The molecule has 2 saturated heterocycles. The maximum absolute atomic E-state index is 11.3. The summed E-state index contributed by atoms with van der Waals surface area (Å²) in [6, 6.07) is 0. The van der Waals surface area contributed by atoms with Crippen LogP contribution in [0.4, 0.5) is 0 Å². The van der Waals surface area contributed by atoms with Crippen molar-refractivity contribution in [3.05, 3.63) is 20.9 Å². The van der Waals surface area contributed by atoms with E-state index in [2.05, 4.69) is 40.8 Å². The Hall–Kier alpha value is 0.990. The van der Waals surface area contributed by atoms with Gasteiger partial charge in [0.1, 0.15) is 24.4 Å². The Morgan fingerprint density at radius 1 is 0.678 bits per heavy atom. The molecule has 0 aromatic heterocycles. The minimum Gasteiger partial charge on any atom is -0.457 e. The number of aliphatic hydroxyl groups is 4. The van der Waals surface area contributed by atoms with Crippen molar-refractivity contribution in [1.29, 1.82) is 0 Å². The maximum atomic E-state index is 11.3. The Morgan fingerprint density at radius 2 is 1.12 bits per heavy atom. The van der Waals surface area contributed by atoms with Gasteiger partial charge in [-0.25, -0.2) is 0 Å². The van der Waals surface area contributed by atoms with Gasteiger partial charge in [-0.1, -0.05) is 38.4 Å². The van der Waals surface area contributed by atoms with Gasteiger partial charge in [0.2, 0.25) is 0 Å². The van der Waals surface area contributed by atoms with Crippen LogP contribution in [0, 0.1) is 11.8 Å². The van der Waals surface area contributed by atoms with Gasteiger partial charge in [-0.2, -0.15) is 0 Å². The van der Waals surface area contributed by atoms with Crippen molar-refractivity contribution in [3.63, 3.8) is 0 Å². The number of ether oxygens (including phenoxy) is 7. The smallest absolute Gasteiger partial charge is 0.303 e. The zero-order valence-corrected chi connectivity index (χ0v) is 43.5. The molecule has 10 unspecified atom stereocenters. The topological polar surface area (TPSA) is 260 Å². The Balaban J connectivity index is 0. The van der Waals surface area contributed by atoms with Crippen molar-refractivity contribution in [2.24, 2.45) is 22.1 Å². The number of hydrogen-bond acceptors (Lipinski definition) is 16. The van der Waals surface area contributed by atoms with E-state index in [1.54, 1.807) is 97.7 Å². The summed E-state index contributed by atoms with van der Waals surface area (Å²) in [6.07, 6.45) is -6.50. The molecule has 0 aromatic rings. The van der Waals surface area contributed by atoms with Crippen molar-refractivity contribution in [2.45, 2.75) is 90.7 Å². The quantitative estimate of drug-likeness (QED) is 0.0528. The molecule has 0 amide bonds. The molecule has 10 atom stereocenters. The number of esters is 1. The standard InChI is InChI=1S/C15H27N3O5.C10H19N3O7.CH4.S15/c1-5-13-10(2)11(3)14(22-12(4)19)15(23-13)21-9-8-20-7-6-17-18-16;11-13-12-1-2-18-3-4-19-10-9(17)8(16)7(15)6(5-14)20-10;;1-3-5-7-9-11-13-15-14-12-10-8-6-4-2/h10-11,13-15H,5-9H2,1-4H3;6-10,14-17H,1-5H2;1H4;. The highest BCUT2D eigenvalue weighted by atomic mass is 33.5. The molecule has 0 radical (unpaired) electrons. The van der Waals surface area contributed by atoms with Crippen LogP contribution >= 0.6 is 0 Å². The molecule has 0 aliphatic carbocycles. The van der Waals surface area contributed by atoms with Gasteiger partial charge in [-0.15, -0.1) is 0 Å². The lowest BCUT2D eigenvalue weighted by atomic mass is 9.82. The predicted molar refractivity (Wildman–Crippen MR) is 265 cm³/mol. The lowest BCUT2D eigenvalue weighted by molar-refractivity contribution is -0.302. The third-order valence-corrected chi connectivity index (χ3v) is 33.9. The van der Waals surface area contributed by atoms with Gasteiger partial charge in [0.25, 0.3) is 0 Å². The van der Waals surface area contributed by atoms with Crippen molar-refractivity contribution >= 4 is 144 Å². The van der Waals surface area contributed by atoms with E-state index in [9.17, 15) is 20.1 Å². The summed E-state index contributed by atoms with van der Waals surface area (Å²) in [6.45, 7) is 9.09. The zero-order valence-electron chi connectivity index (χ0n) is 31.2. The van der Waals surface area contributed by atoms with Crippen LogP contribution in [0.15, 0.2) is 10.2 Å². The number of aliphatic hydroxyl groups excluding tert-OH is 4. The van der Waals surface area contributed by atoms with Gasteiger partial charge < -0.3 is 53.6 Å². The molecule has 2 rings (SSSR count). The first-order chi connectivity index (χ1) is 28.0. The third kappa shape index (κ3) is 30.7. The molecule has 346 valence electrons. The summed E-state index contributed by atoms with van der Waals surface area (Å²) in [4.78, 5) is 16.5.